The van der Waals surface area contributed by atoms with Crippen LogP contribution in [0, 0.1) is 6.92 Å². The van der Waals surface area contributed by atoms with Crippen molar-refractivity contribution in [1.29, 1.82) is 0 Å². The third-order valence-corrected chi connectivity index (χ3v) is 11.3. The van der Waals surface area contributed by atoms with Gasteiger partial charge in [-0.1, -0.05) is 12.1 Å². The molecule has 0 bridgehead atoms. The fourth-order valence-corrected chi connectivity index (χ4v) is 7.97. The second-order valence-electron chi connectivity index (χ2n) is 14.3. The van der Waals surface area contributed by atoms with Crippen LogP contribution in [0.15, 0.2) is 65.4 Å². The van der Waals surface area contributed by atoms with E-state index < -0.39 is 6.04 Å². The number of hydrogen-bond acceptors (Lipinski definition) is 10. The second-order valence-corrected chi connectivity index (χ2v) is 15.2. The molecule has 3 aromatic heterocycles. The van der Waals surface area contributed by atoms with Gasteiger partial charge in [0, 0.05) is 82.9 Å². The molecule has 15 nitrogen and oxygen atoms in total. The third-order valence-electron chi connectivity index (χ3n) is 10.7. The number of nitrogens with zero attached hydrogens (tertiary/aromatic N) is 8. The highest BCUT2D eigenvalue weighted by atomic mass is 79.9. The maximum Gasteiger partial charge on any atom is 0.253 e. The van der Waals surface area contributed by atoms with Gasteiger partial charge in [-0.05, 0) is 78.3 Å². The molecule has 2 atom stereocenters. The van der Waals surface area contributed by atoms with Crippen molar-refractivity contribution in [1.82, 2.24) is 44.7 Å². The number of piperazine rings is 2. The van der Waals surface area contributed by atoms with Crippen LogP contribution in [0.1, 0.15) is 40.4 Å². The number of imidazole rings is 1. The van der Waals surface area contributed by atoms with Crippen LogP contribution in [-0.2, 0) is 21.4 Å². The first kappa shape index (κ1) is 36.4. The molecular formula is C39H41BrN10O5. The minimum atomic E-state index is -0.444. The number of halogens is 1. The lowest BCUT2D eigenvalue weighted by molar-refractivity contribution is -0.138. The molecule has 0 radical (unpaired) electrons. The summed E-state index contributed by atoms with van der Waals surface area (Å²) >= 11 is 3.56. The van der Waals surface area contributed by atoms with Crippen molar-refractivity contribution in [3.8, 4) is 22.9 Å². The molecule has 16 heteroatoms. The second kappa shape index (κ2) is 14.9. The summed E-state index contributed by atoms with van der Waals surface area (Å²) < 4.78 is 8.69. The molecule has 0 saturated carbocycles. The van der Waals surface area contributed by atoms with Gasteiger partial charge in [-0.2, -0.15) is 5.10 Å². The normalized spacial score (nSPS) is 19.5. The first-order valence-corrected chi connectivity index (χ1v) is 19.1. The number of piperidine rings is 1. The molecule has 6 heterocycles. The summed E-state index contributed by atoms with van der Waals surface area (Å²) in [4.78, 5) is 71.8. The van der Waals surface area contributed by atoms with Gasteiger partial charge in [-0.15, -0.1) is 0 Å². The van der Waals surface area contributed by atoms with Gasteiger partial charge in [0.1, 0.15) is 23.1 Å². The van der Waals surface area contributed by atoms with E-state index in [2.05, 4.69) is 46.2 Å². The van der Waals surface area contributed by atoms with Gasteiger partial charge in [-0.3, -0.25) is 34.1 Å². The fourth-order valence-electron chi connectivity index (χ4n) is 7.59. The number of anilines is 1. The van der Waals surface area contributed by atoms with E-state index in [9.17, 15) is 19.2 Å². The average molecular weight is 810 g/mol. The van der Waals surface area contributed by atoms with E-state index in [1.54, 1.807) is 40.0 Å². The van der Waals surface area contributed by atoms with Crippen molar-refractivity contribution in [3.63, 3.8) is 0 Å². The average Bonchev–Trinajstić information content (AvgIpc) is 3.78. The number of H-pyrrole nitrogens is 1. The summed E-state index contributed by atoms with van der Waals surface area (Å²) in [6, 6.07) is 14.5. The van der Waals surface area contributed by atoms with Gasteiger partial charge in [0.25, 0.3) is 5.91 Å². The standard InChI is InChI=1S/C39H41BrN10O5/c1-23-29(21-47(3)45-23)35-43-33-34(30(40)20-41-36(33)44-35)55-27-10-6-25(7-11-27)38(53)50-15-14-46(2)31(22-50)39(54)49-18-16-48(17-19-49)26-8-4-24(5-9-26)28-12-13-32(51)42-37(28)52/h4-11,20-21,28,31H,12-19,22H2,1-3H3,(H,41,43,44)(H,42,51,52)/t28-,31?/m0/s1. The predicted molar refractivity (Wildman–Crippen MR) is 208 cm³/mol. The zero-order valence-electron chi connectivity index (χ0n) is 30.8. The Morgan fingerprint density at radius 1 is 0.927 bits per heavy atom. The van der Waals surface area contributed by atoms with Gasteiger partial charge >= 0.3 is 0 Å². The Kier molecular flexibility index (Phi) is 9.86. The number of benzene rings is 2. The van der Waals surface area contributed by atoms with Gasteiger partial charge in [0.05, 0.1) is 21.6 Å². The van der Waals surface area contributed by atoms with Crippen LogP contribution in [0.5, 0.6) is 11.5 Å². The van der Waals surface area contributed by atoms with E-state index in [1.807, 2.05) is 61.3 Å². The molecule has 3 saturated heterocycles. The number of rotatable bonds is 7. The zero-order chi connectivity index (χ0) is 38.4. The van der Waals surface area contributed by atoms with Gasteiger partial charge in [0.15, 0.2) is 11.4 Å². The quantitative estimate of drug-likeness (QED) is 0.231. The monoisotopic (exact) mass is 808 g/mol. The topological polar surface area (TPSA) is 162 Å². The summed E-state index contributed by atoms with van der Waals surface area (Å²) in [7, 11) is 3.80. The lowest BCUT2D eigenvalue weighted by atomic mass is 9.90. The largest absolute Gasteiger partial charge is 0.454 e. The number of likely N-dealkylation sites (N-methyl/N-ethyl adjacent to an activating group) is 1. The van der Waals surface area contributed by atoms with Crippen LogP contribution in [-0.4, -0.2) is 122 Å². The number of nitrogens with one attached hydrogen (secondary N) is 2. The summed E-state index contributed by atoms with van der Waals surface area (Å²) in [5.41, 5.74) is 5.27. The Morgan fingerprint density at radius 2 is 1.65 bits per heavy atom. The van der Waals surface area contributed by atoms with E-state index in [0.29, 0.717) is 97.2 Å². The smallest absolute Gasteiger partial charge is 0.253 e. The van der Waals surface area contributed by atoms with Crippen LogP contribution in [0.4, 0.5) is 5.69 Å². The molecule has 0 aliphatic carbocycles. The summed E-state index contributed by atoms with van der Waals surface area (Å²) in [5.74, 6) is 0.791. The maximum atomic E-state index is 13.9. The van der Waals surface area contributed by atoms with Crippen molar-refractivity contribution >= 4 is 56.4 Å². The number of fused-ring (bicyclic) bond motifs is 1. The Bertz CT molecular complexity index is 2280. The molecule has 8 rings (SSSR count). The number of aromatic amines is 1. The molecule has 4 amide bonds. The number of aromatic nitrogens is 5. The minimum Gasteiger partial charge on any atom is -0.454 e. The van der Waals surface area contributed by atoms with E-state index in [1.165, 1.54) is 0 Å². The molecular weight excluding hydrogens is 768 g/mol. The molecule has 284 valence electrons. The molecule has 55 heavy (non-hydrogen) atoms. The Labute approximate surface area is 325 Å². The number of pyridine rings is 1. The van der Waals surface area contributed by atoms with Crippen LogP contribution in [0.25, 0.3) is 22.6 Å². The SMILES string of the molecule is Cc1nn(C)cc1-c1nc2ncc(Br)c(Oc3ccc(C(=O)N4CCN(C)C(C(=O)N5CCN(c6ccc([C@@H]7CCC(=O)NC7=O)cc6)CC5)C4)cc3)c2[nH]1. The number of amides is 4. The number of aryl methyl sites for hydroxylation is 2. The minimum absolute atomic E-state index is 0.0199. The summed E-state index contributed by atoms with van der Waals surface area (Å²) in [5, 5.41) is 6.84. The van der Waals surface area contributed by atoms with Crippen LogP contribution in [0.2, 0.25) is 0 Å². The van der Waals surface area contributed by atoms with Crippen LogP contribution >= 0.6 is 15.9 Å². The highest BCUT2D eigenvalue weighted by molar-refractivity contribution is 9.10. The van der Waals surface area contributed by atoms with Crippen molar-refractivity contribution < 1.29 is 23.9 Å². The first-order valence-electron chi connectivity index (χ1n) is 18.3. The number of imide groups is 1. The predicted octanol–water partition coefficient (Wildman–Crippen LogP) is 3.85. The molecule has 3 fully saturated rings. The van der Waals surface area contributed by atoms with E-state index >= 15 is 0 Å². The van der Waals surface area contributed by atoms with E-state index in [-0.39, 0.29) is 29.5 Å². The molecule has 3 aliphatic heterocycles. The van der Waals surface area contributed by atoms with Crippen molar-refractivity contribution in [3.05, 3.63) is 82.2 Å². The van der Waals surface area contributed by atoms with Crippen LogP contribution in [0.3, 0.4) is 0 Å². The maximum absolute atomic E-state index is 13.9. The lowest BCUT2D eigenvalue weighted by Gasteiger charge is -2.43. The molecule has 2 N–H and O–H groups in total. The Hall–Kier alpha value is -5.61. The number of carbonyl (C=O) groups excluding carboxylic acids is 4. The zero-order valence-corrected chi connectivity index (χ0v) is 32.4. The van der Waals surface area contributed by atoms with E-state index in [4.69, 9.17) is 4.74 Å². The molecule has 1 unspecified atom stereocenters. The Balaban J connectivity index is 0.880. The highest BCUT2D eigenvalue weighted by Gasteiger charge is 2.36. The van der Waals surface area contributed by atoms with Crippen molar-refractivity contribution in [2.75, 3.05) is 57.8 Å². The molecule has 0 spiro atoms. The van der Waals surface area contributed by atoms with E-state index in [0.717, 1.165) is 22.5 Å². The van der Waals surface area contributed by atoms with Gasteiger partial charge in [0.2, 0.25) is 17.7 Å². The first-order chi connectivity index (χ1) is 26.5. The van der Waals surface area contributed by atoms with Gasteiger partial charge < -0.3 is 24.4 Å². The summed E-state index contributed by atoms with van der Waals surface area (Å²) in [6.45, 7) is 5.79. The number of hydrogen-bond donors (Lipinski definition) is 2. The van der Waals surface area contributed by atoms with Gasteiger partial charge in [-0.25, -0.2) is 9.97 Å². The fraction of sp³-hybridized carbons (Fsp3) is 0.359. The lowest BCUT2D eigenvalue weighted by Crippen LogP contribution is -2.61. The Morgan fingerprint density at radius 3 is 2.35 bits per heavy atom. The van der Waals surface area contributed by atoms with Crippen LogP contribution < -0.4 is 15.0 Å². The molecule has 2 aromatic carbocycles. The summed E-state index contributed by atoms with van der Waals surface area (Å²) in [6.07, 6.45) is 4.40. The third kappa shape index (κ3) is 7.31. The highest BCUT2D eigenvalue weighted by Crippen LogP contribution is 2.36. The molecule has 5 aromatic rings. The van der Waals surface area contributed by atoms with Crippen molar-refractivity contribution in [2.24, 2.45) is 7.05 Å². The van der Waals surface area contributed by atoms with Crippen molar-refractivity contribution in [2.45, 2.75) is 31.7 Å². The number of ether oxygens (including phenoxy) is 1. The number of carbonyl (C=O) groups is 4. The molecule has 3 aliphatic rings.